The third-order valence-electron chi connectivity index (χ3n) is 4.23. The number of hydrogen-bond donors (Lipinski definition) is 0. The molecule has 1 atom stereocenters. The fourth-order valence-corrected chi connectivity index (χ4v) is 2.91. The van der Waals surface area contributed by atoms with E-state index in [0.29, 0.717) is 0 Å². The van der Waals surface area contributed by atoms with Gasteiger partial charge in [0.1, 0.15) is 12.7 Å². The van der Waals surface area contributed by atoms with E-state index in [1.54, 1.807) is 0 Å². The summed E-state index contributed by atoms with van der Waals surface area (Å²) in [6.07, 6.45) is 14.7. The Labute approximate surface area is 140 Å². The SMILES string of the molecule is CCCCCCCCCCCCC(OC(C)=O)C1=CC(=O)OC1. The normalized spacial score (nSPS) is 15.2. The molecule has 0 radical (unpaired) electrons. The number of rotatable bonds is 13. The molecular formula is C19H32O4. The lowest BCUT2D eigenvalue weighted by Crippen LogP contribution is -2.20. The van der Waals surface area contributed by atoms with Crippen molar-refractivity contribution < 1.29 is 19.1 Å². The van der Waals surface area contributed by atoms with Crippen LogP contribution in [0.1, 0.15) is 84.5 Å². The Kier molecular flexibility index (Phi) is 10.4. The molecule has 0 bridgehead atoms. The second-order valence-electron chi connectivity index (χ2n) is 6.40. The maximum atomic E-state index is 11.2. The van der Waals surface area contributed by atoms with Gasteiger partial charge in [0.25, 0.3) is 0 Å². The van der Waals surface area contributed by atoms with E-state index in [4.69, 9.17) is 9.47 Å². The van der Waals surface area contributed by atoms with Gasteiger partial charge in [-0.1, -0.05) is 64.7 Å². The maximum absolute atomic E-state index is 11.2. The summed E-state index contributed by atoms with van der Waals surface area (Å²) in [4.78, 5) is 22.3. The zero-order valence-corrected chi connectivity index (χ0v) is 14.8. The quantitative estimate of drug-likeness (QED) is 0.363. The Morgan fingerprint density at radius 2 is 1.65 bits per heavy atom. The van der Waals surface area contributed by atoms with Crippen LogP contribution in [0.2, 0.25) is 0 Å². The highest BCUT2D eigenvalue weighted by atomic mass is 16.6. The first-order valence-corrected chi connectivity index (χ1v) is 9.18. The molecule has 4 nitrogen and oxygen atoms in total. The summed E-state index contributed by atoms with van der Waals surface area (Å²) in [5.41, 5.74) is 0.793. The van der Waals surface area contributed by atoms with Gasteiger partial charge in [0.05, 0.1) is 0 Å². The standard InChI is InChI=1S/C19H32O4/c1-3-4-5-6-7-8-9-10-11-12-13-18(23-16(2)20)17-14-19(21)22-15-17/h14,18H,3-13,15H2,1-2H3. The molecule has 0 saturated carbocycles. The summed E-state index contributed by atoms with van der Waals surface area (Å²) < 4.78 is 10.2. The van der Waals surface area contributed by atoms with Gasteiger partial charge in [0, 0.05) is 18.6 Å². The Balaban J connectivity index is 2.10. The third kappa shape index (κ3) is 9.42. The average Bonchev–Trinajstić information content (AvgIpc) is 2.94. The fraction of sp³-hybridized carbons (Fsp3) is 0.789. The van der Waals surface area contributed by atoms with E-state index in [2.05, 4.69) is 6.92 Å². The predicted octanol–water partition coefficient (Wildman–Crippen LogP) is 4.71. The van der Waals surface area contributed by atoms with Gasteiger partial charge in [0.15, 0.2) is 0 Å². The Morgan fingerprint density at radius 3 is 2.13 bits per heavy atom. The monoisotopic (exact) mass is 324 g/mol. The summed E-state index contributed by atoms with van der Waals surface area (Å²) in [6.45, 7) is 3.91. The van der Waals surface area contributed by atoms with E-state index in [0.717, 1.165) is 24.8 Å². The fourth-order valence-electron chi connectivity index (χ4n) is 2.91. The number of unbranched alkanes of at least 4 members (excludes halogenated alkanes) is 9. The summed E-state index contributed by atoms with van der Waals surface area (Å²) in [5, 5.41) is 0. The minimum atomic E-state index is -0.333. The van der Waals surface area contributed by atoms with Gasteiger partial charge in [0.2, 0.25) is 0 Å². The molecule has 1 rings (SSSR count). The Hall–Kier alpha value is -1.32. The molecule has 0 aromatic rings. The van der Waals surface area contributed by atoms with Crippen molar-refractivity contribution in [2.45, 2.75) is 90.6 Å². The van der Waals surface area contributed by atoms with Crippen LogP contribution in [0, 0.1) is 0 Å². The first-order valence-electron chi connectivity index (χ1n) is 9.18. The van der Waals surface area contributed by atoms with E-state index in [-0.39, 0.29) is 24.6 Å². The van der Waals surface area contributed by atoms with Crippen molar-refractivity contribution in [1.29, 1.82) is 0 Å². The summed E-state index contributed by atoms with van der Waals surface area (Å²) in [7, 11) is 0. The molecule has 0 N–H and O–H groups in total. The van der Waals surface area contributed by atoms with Gasteiger partial charge in [-0.3, -0.25) is 4.79 Å². The lowest BCUT2D eigenvalue weighted by atomic mass is 10.0. The summed E-state index contributed by atoms with van der Waals surface area (Å²) in [5.74, 6) is -0.637. The van der Waals surface area contributed by atoms with Crippen molar-refractivity contribution in [1.82, 2.24) is 0 Å². The molecule has 23 heavy (non-hydrogen) atoms. The van der Waals surface area contributed by atoms with Crippen LogP contribution in [-0.2, 0) is 19.1 Å². The number of ether oxygens (including phenoxy) is 2. The van der Waals surface area contributed by atoms with Crippen LogP contribution in [0.15, 0.2) is 11.6 Å². The lowest BCUT2D eigenvalue weighted by Gasteiger charge is -2.17. The molecule has 1 aliphatic heterocycles. The van der Waals surface area contributed by atoms with E-state index < -0.39 is 0 Å². The second kappa shape index (κ2) is 12.1. The van der Waals surface area contributed by atoms with Gasteiger partial charge in [-0.25, -0.2) is 4.79 Å². The molecule has 0 spiro atoms. The molecule has 0 aromatic heterocycles. The highest BCUT2D eigenvalue weighted by Gasteiger charge is 2.23. The van der Waals surface area contributed by atoms with E-state index in [1.165, 1.54) is 64.4 Å². The van der Waals surface area contributed by atoms with Crippen molar-refractivity contribution in [3.05, 3.63) is 11.6 Å². The molecular weight excluding hydrogens is 292 g/mol. The van der Waals surface area contributed by atoms with Crippen molar-refractivity contribution in [2.75, 3.05) is 6.61 Å². The maximum Gasteiger partial charge on any atom is 0.331 e. The smallest absolute Gasteiger partial charge is 0.331 e. The predicted molar refractivity (Wildman–Crippen MR) is 91.1 cm³/mol. The topological polar surface area (TPSA) is 52.6 Å². The molecule has 1 aliphatic rings. The zero-order chi connectivity index (χ0) is 16.9. The van der Waals surface area contributed by atoms with Crippen molar-refractivity contribution >= 4 is 11.9 Å². The van der Waals surface area contributed by atoms with Crippen LogP contribution >= 0.6 is 0 Å². The van der Waals surface area contributed by atoms with E-state index in [9.17, 15) is 9.59 Å². The van der Waals surface area contributed by atoms with E-state index in [1.807, 2.05) is 0 Å². The zero-order valence-electron chi connectivity index (χ0n) is 14.8. The van der Waals surface area contributed by atoms with Crippen LogP contribution < -0.4 is 0 Å². The van der Waals surface area contributed by atoms with Crippen LogP contribution in [0.3, 0.4) is 0 Å². The lowest BCUT2D eigenvalue weighted by molar-refractivity contribution is -0.145. The highest BCUT2D eigenvalue weighted by molar-refractivity contribution is 5.85. The summed E-state index contributed by atoms with van der Waals surface area (Å²) in [6, 6.07) is 0. The molecule has 0 fully saturated rings. The van der Waals surface area contributed by atoms with Gasteiger partial charge < -0.3 is 9.47 Å². The van der Waals surface area contributed by atoms with Gasteiger partial charge in [-0.05, 0) is 12.8 Å². The van der Waals surface area contributed by atoms with Crippen molar-refractivity contribution in [3.63, 3.8) is 0 Å². The largest absolute Gasteiger partial charge is 0.458 e. The number of carbonyl (C=O) groups is 2. The molecule has 1 unspecified atom stereocenters. The molecule has 4 heteroatoms. The van der Waals surface area contributed by atoms with Crippen LogP contribution in [-0.4, -0.2) is 24.6 Å². The minimum Gasteiger partial charge on any atom is -0.458 e. The molecule has 1 heterocycles. The summed E-state index contributed by atoms with van der Waals surface area (Å²) >= 11 is 0. The molecule has 0 saturated heterocycles. The molecule has 0 aromatic carbocycles. The molecule has 0 amide bonds. The van der Waals surface area contributed by atoms with Crippen molar-refractivity contribution in [2.24, 2.45) is 0 Å². The van der Waals surface area contributed by atoms with Gasteiger partial charge >= 0.3 is 11.9 Å². The first-order chi connectivity index (χ1) is 11.1. The number of esters is 2. The Morgan fingerprint density at radius 1 is 1.09 bits per heavy atom. The first kappa shape index (κ1) is 19.7. The number of cyclic esters (lactones) is 1. The molecule has 0 aliphatic carbocycles. The third-order valence-corrected chi connectivity index (χ3v) is 4.23. The highest BCUT2D eigenvalue weighted by Crippen LogP contribution is 2.20. The van der Waals surface area contributed by atoms with Crippen LogP contribution in [0.25, 0.3) is 0 Å². The Bertz CT molecular complexity index is 387. The molecule has 132 valence electrons. The number of carbonyl (C=O) groups excluding carboxylic acids is 2. The van der Waals surface area contributed by atoms with Gasteiger partial charge in [-0.15, -0.1) is 0 Å². The average molecular weight is 324 g/mol. The van der Waals surface area contributed by atoms with Crippen LogP contribution in [0.5, 0.6) is 0 Å². The second-order valence-corrected chi connectivity index (χ2v) is 6.40. The van der Waals surface area contributed by atoms with Crippen LogP contribution in [0.4, 0.5) is 0 Å². The minimum absolute atomic E-state index is 0.258. The van der Waals surface area contributed by atoms with Crippen molar-refractivity contribution in [3.8, 4) is 0 Å². The van der Waals surface area contributed by atoms with Gasteiger partial charge in [-0.2, -0.15) is 0 Å². The number of hydrogen-bond acceptors (Lipinski definition) is 4. The van der Waals surface area contributed by atoms with E-state index >= 15 is 0 Å².